The summed E-state index contributed by atoms with van der Waals surface area (Å²) in [7, 11) is 1.29. The number of rotatable bonds is 8. The Bertz CT molecular complexity index is 1080. The van der Waals surface area contributed by atoms with Gasteiger partial charge in [0.05, 0.1) is 25.0 Å². The third-order valence-electron chi connectivity index (χ3n) is 4.05. The number of benzene rings is 1. The zero-order valence-electron chi connectivity index (χ0n) is 16.6. The molecular formula is C23H20N2O5. The molecule has 7 nitrogen and oxygen atoms in total. The van der Waals surface area contributed by atoms with Gasteiger partial charge >= 0.3 is 5.97 Å². The lowest BCUT2D eigenvalue weighted by atomic mass is 10.1. The van der Waals surface area contributed by atoms with E-state index in [2.05, 4.69) is 9.72 Å². The van der Waals surface area contributed by atoms with Crippen LogP contribution in [0.1, 0.15) is 40.1 Å². The number of hydrogen-bond donors (Lipinski definition) is 0. The number of aromatic nitrogens is 1. The van der Waals surface area contributed by atoms with Crippen LogP contribution in [0.5, 0.6) is 11.5 Å². The average Bonchev–Trinajstić information content (AvgIpc) is 3.26. The predicted octanol–water partition coefficient (Wildman–Crippen LogP) is 4.48. The maximum absolute atomic E-state index is 11.5. The molecule has 0 aliphatic heterocycles. The highest BCUT2D eigenvalue weighted by atomic mass is 16.5. The molecule has 7 heteroatoms. The Morgan fingerprint density at radius 2 is 2.00 bits per heavy atom. The highest BCUT2D eigenvalue weighted by Crippen LogP contribution is 2.30. The highest BCUT2D eigenvalue weighted by Gasteiger charge is 2.12. The van der Waals surface area contributed by atoms with Gasteiger partial charge in [-0.25, -0.2) is 4.79 Å². The van der Waals surface area contributed by atoms with Crippen LogP contribution in [0.4, 0.5) is 0 Å². The van der Waals surface area contributed by atoms with Crippen molar-refractivity contribution in [1.29, 1.82) is 5.26 Å². The Balaban J connectivity index is 1.71. The molecule has 30 heavy (non-hydrogen) atoms. The third kappa shape index (κ3) is 5.26. The fourth-order valence-electron chi connectivity index (χ4n) is 2.58. The summed E-state index contributed by atoms with van der Waals surface area (Å²) in [5.74, 6) is 1.23. The first-order valence-corrected chi connectivity index (χ1v) is 9.24. The minimum absolute atomic E-state index is 0.123. The molecule has 0 amide bonds. The zero-order valence-corrected chi connectivity index (χ0v) is 16.6. The zero-order chi connectivity index (χ0) is 21.3. The molecule has 0 saturated carbocycles. The summed E-state index contributed by atoms with van der Waals surface area (Å²) in [4.78, 5) is 15.7. The van der Waals surface area contributed by atoms with E-state index in [1.54, 1.807) is 30.3 Å². The van der Waals surface area contributed by atoms with Crippen LogP contribution in [-0.4, -0.2) is 24.7 Å². The Morgan fingerprint density at radius 3 is 2.70 bits per heavy atom. The maximum Gasteiger partial charge on any atom is 0.373 e. The molecule has 2 heterocycles. The van der Waals surface area contributed by atoms with Crippen LogP contribution >= 0.6 is 0 Å². The number of furan rings is 1. The molecule has 0 unspecified atom stereocenters. The molecule has 0 aliphatic carbocycles. The van der Waals surface area contributed by atoms with Gasteiger partial charge in [-0.3, -0.25) is 4.98 Å². The van der Waals surface area contributed by atoms with Crippen molar-refractivity contribution in [3.05, 3.63) is 77.0 Å². The Labute approximate surface area is 174 Å². The fraction of sp³-hybridized carbons (Fsp3) is 0.174. The van der Waals surface area contributed by atoms with Crippen molar-refractivity contribution in [3.8, 4) is 17.6 Å². The molecule has 3 aromatic rings. The van der Waals surface area contributed by atoms with Crippen LogP contribution in [0, 0.1) is 11.3 Å². The van der Waals surface area contributed by atoms with Crippen molar-refractivity contribution in [2.24, 2.45) is 0 Å². The van der Waals surface area contributed by atoms with Crippen molar-refractivity contribution in [1.82, 2.24) is 4.98 Å². The quantitative estimate of drug-likeness (QED) is 0.511. The van der Waals surface area contributed by atoms with Gasteiger partial charge in [-0.15, -0.1) is 0 Å². The predicted molar refractivity (Wildman–Crippen MR) is 110 cm³/mol. The number of carbonyl (C=O) groups excluding carboxylic acids is 1. The summed E-state index contributed by atoms with van der Waals surface area (Å²) >= 11 is 0. The number of nitrogens with zero attached hydrogens (tertiary/aromatic N) is 2. The van der Waals surface area contributed by atoms with Crippen LogP contribution in [-0.2, 0) is 11.3 Å². The van der Waals surface area contributed by atoms with E-state index in [0.717, 1.165) is 11.3 Å². The number of nitriles is 1. The molecule has 2 aromatic heterocycles. The second kappa shape index (κ2) is 9.94. The van der Waals surface area contributed by atoms with Gasteiger partial charge < -0.3 is 18.6 Å². The van der Waals surface area contributed by atoms with Crippen LogP contribution in [0.15, 0.2) is 53.1 Å². The Hall–Kier alpha value is -4.05. The van der Waals surface area contributed by atoms with Crippen molar-refractivity contribution < 1.29 is 23.4 Å². The van der Waals surface area contributed by atoms with Crippen LogP contribution in [0.2, 0.25) is 0 Å². The lowest BCUT2D eigenvalue weighted by molar-refractivity contribution is 0.0561. The van der Waals surface area contributed by atoms with E-state index in [4.69, 9.17) is 19.2 Å². The number of esters is 1. The van der Waals surface area contributed by atoms with Crippen molar-refractivity contribution in [2.45, 2.75) is 13.5 Å². The van der Waals surface area contributed by atoms with E-state index in [1.807, 2.05) is 37.3 Å². The first-order valence-electron chi connectivity index (χ1n) is 9.24. The largest absolute Gasteiger partial charge is 0.490 e. The Morgan fingerprint density at radius 1 is 1.13 bits per heavy atom. The van der Waals surface area contributed by atoms with Crippen molar-refractivity contribution in [2.75, 3.05) is 13.7 Å². The van der Waals surface area contributed by atoms with Gasteiger partial charge in [0.15, 0.2) is 11.5 Å². The maximum atomic E-state index is 11.5. The SMILES string of the molecule is CCOc1cc(/C=C/c2ccc(C#N)cn2)ccc1OCc1ccc(C(=O)OC)o1. The minimum atomic E-state index is -0.538. The van der Waals surface area contributed by atoms with E-state index >= 15 is 0 Å². The number of carbonyl (C=O) groups is 1. The van der Waals surface area contributed by atoms with Crippen molar-refractivity contribution in [3.63, 3.8) is 0 Å². The topological polar surface area (TPSA) is 94.6 Å². The van der Waals surface area contributed by atoms with Gasteiger partial charge in [-0.1, -0.05) is 12.1 Å². The first-order chi connectivity index (χ1) is 14.6. The van der Waals surface area contributed by atoms with E-state index < -0.39 is 5.97 Å². The van der Waals surface area contributed by atoms with Crippen molar-refractivity contribution >= 4 is 18.1 Å². The molecule has 0 atom stereocenters. The summed E-state index contributed by atoms with van der Waals surface area (Å²) in [6.45, 7) is 2.51. The summed E-state index contributed by atoms with van der Waals surface area (Å²) in [5.41, 5.74) is 2.16. The Kier molecular flexibility index (Phi) is 6.85. The third-order valence-corrected chi connectivity index (χ3v) is 4.05. The molecule has 0 aliphatic rings. The average molecular weight is 404 g/mol. The standard InChI is InChI=1S/C23H20N2O5/c1-3-28-22-12-16(4-7-18-8-5-17(13-24)14-25-18)6-10-20(22)29-15-19-9-11-21(30-19)23(26)27-2/h4-12,14H,3,15H2,1-2H3/b7-4+. The molecule has 0 N–H and O–H groups in total. The summed E-state index contributed by atoms with van der Waals surface area (Å²) in [5, 5.41) is 8.84. The summed E-state index contributed by atoms with van der Waals surface area (Å²) in [6, 6.07) is 14.3. The lowest BCUT2D eigenvalue weighted by Crippen LogP contribution is -2.00. The first kappa shape index (κ1) is 20.7. The fourth-order valence-corrected chi connectivity index (χ4v) is 2.58. The number of pyridine rings is 1. The van der Waals surface area contributed by atoms with Gasteiger partial charge in [-0.05, 0) is 55.0 Å². The van der Waals surface area contributed by atoms with E-state index in [-0.39, 0.29) is 12.4 Å². The highest BCUT2D eigenvalue weighted by molar-refractivity contribution is 5.86. The van der Waals surface area contributed by atoms with Gasteiger partial charge in [-0.2, -0.15) is 5.26 Å². The van der Waals surface area contributed by atoms with Crippen LogP contribution in [0.25, 0.3) is 12.2 Å². The second-order valence-electron chi connectivity index (χ2n) is 6.10. The molecule has 0 radical (unpaired) electrons. The van der Waals surface area contributed by atoms with Gasteiger partial charge in [0.2, 0.25) is 5.76 Å². The molecule has 0 fully saturated rings. The van der Waals surface area contributed by atoms with Gasteiger partial charge in [0.25, 0.3) is 0 Å². The van der Waals surface area contributed by atoms with Gasteiger partial charge in [0, 0.05) is 6.20 Å². The van der Waals surface area contributed by atoms with E-state index in [9.17, 15) is 4.79 Å². The lowest BCUT2D eigenvalue weighted by Gasteiger charge is -2.12. The number of hydrogen-bond acceptors (Lipinski definition) is 7. The summed E-state index contributed by atoms with van der Waals surface area (Å²) < 4.78 is 21.5. The molecule has 0 spiro atoms. The molecule has 152 valence electrons. The molecule has 0 bridgehead atoms. The van der Waals surface area contributed by atoms with Gasteiger partial charge in [0.1, 0.15) is 18.4 Å². The van der Waals surface area contributed by atoms with E-state index in [0.29, 0.717) is 29.4 Å². The molecule has 0 saturated heterocycles. The minimum Gasteiger partial charge on any atom is -0.490 e. The van der Waals surface area contributed by atoms with Crippen LogP contribution < -0.4 is 9.47 Å². The molecular weight excluding hydrogens is 384 g/mol. The number of ether oxygens (including phenoxy) is 3. The van der Waals surface area contributed by atoms with Crippen LogP contribution in [0.3, 0.4) is 0 Å². The normalized spacial score (nSPS) is 10.6. The molecule has 3 rings (SSSR count). The van der Waals surface area contributed by atoms with E-state index in [1.165, 1.54) is 13.3 Å². The smallest absolute Gasteiger partial charge is 0.373 e. The second-order valence-corrected chi connectivity index (χ2v) is 6.10. The summed E-state index contributed by atoms with van der Waals surface area (Å²) in [6.07, 6.45) is 5.28. The molecule has 1 aromatic carbocycles. The number of methoxy groups -OCH3 is 1. The monoisotopic (exact) mass is 404 g/mol.